The molecule has 0 amide bonds. The first-order chi connectivity index (χ1) is 8.52. The van der Waals surface area contributed by atoms with Crippen LogP contribution in [0, 0.1) is 24.3 Å². The van der Waals surface area contributed by atoms with E-state index in [1.165, 1.54) is 16.7 Å². The maximum absolute atomic E-state index is 4.56. The quantitative estimate of drug-likeness (QED) is 0.837. The van der Waals surface area contributed by atoms with Crippen LogP contribution < -0.4 is 5.32 Å². The van der Waals surface area contributed by atoms with Gasteiger partial charge in [0.2, 0.25) is 0 Å². The van der Waals surface area contributed by atoms with Gasteiger partial charge in [-0.3, -0.25) is 0 Å². The molecule has 0 spiro atoms. The number of hydrogen-bond acceptors (Lipinski definition) is 3. The predicted molar refractivity (Wildman–Crippen MR) is 83.9 cm³/mol. The summed E-state index contributed by atoms with van der Waals surface area (Å²) in [6, 6.07) is 4.34. The SMILES string of the molecule is CNc1nc(-c2cc(C)c(C)cc2C)ncc1I. The highest BCUT2D eigenvalue weighted by atomic mass is 127. The number of anilines is 1. The van der Waals surface area contributed by atoms with Gasteiger partial charge in [0, 0.05) is 18.8 Å². The van der Waals surface area contributed by atoms with E-state index in [-0.39, 0.29) is 0 Å². The van der Waals surface area contributed by atoms with E-state index in [1.807, 2.05) is 13.2 Å². The summed E-state index contributed by atoms with van der Waals surface area (Å²) < 4.78 is 1.03. The first kappa shape index (κ1) is 13.3. The highest BCUT2D eigenvalue weighted by Crippen LogP contribution is 2.25. The largest absolute Gasteiger partial charge is 0.372 e. The van der Waals surface area contributed by atoms with Gasteiger partial charge in [0.05, 0.1) is 3.57 Å². The van der Waals surface area contributed by atoms with Crippen LogP contribution in [0.2, 0.25) is 0 Å². The second kappa shape index (κ2) is 5.22. The molecule has 0 radical (unpaired) electrons. The van der Waals surface area contributed by atoms with Crippen LogP contribution in [-0.2, 0) is 0 Å². The standard InChI is InChI=1S/C14H16IN3/c1-8-5-10(3)11(6-9(8)2)13-17-7-12(15)14(16-4)18-13/h5-7H,1-4H3,(H,16,17,18). The van der Waals surface area contributed by atoms with Crippen LogP contribution >= 0.6 is 22.6 Å². The van der Waals surface area contributed by atoms with E-state index in [0.29, 0.717) is 0 Å². The summed E-state index contributed by atoms with van der Waals surface area (Å²) in [5.74, 6) is 1.65. The van der Waals surface area contributed by atoms with E-state index in [9.17, 15) is 0 Å². The fraction of sp³-hybridized carbons (Fsp3) is 0.286. The summed E-state index contributed by atoms with van der Waals surface area (Å²) in [6.45, 7) is 6.34. The van der Waals surface area contributed by atoms with Gasteiger partial charge in [-0.2, -0.15) is 0 Å². The molecule has 3 nitrogen and oxygen atoms in total. The first-order valence-electron chi connectivity index (χ1n) is 5.81. The molecule has 1 aromatic carbocycles. The van der Waals surface area contributed by atoms with Gasteiger partial charge in [0.15, 0.2) is 5.82 Å². The van der Waals surface area contributed by atoms with Crippen molar-refractivity contribution in [2.24, 2.45) is 0 Å². The third kappa shape index (κ3) is 2.48. The maximum atomic E-state index is 4.56. The number of nitrogens with zero attached hydrogens (tertiary/aromatic N) is 2. The molecule has 0 aliphatic heterocycles. The van der Waals surface area contributed by atoms with Gasteiger partial charge in [0.1, 0.15) is 5.82 Å². The van der Waals surface area contributed by atoms with E-state index in [4.69, 9.17) is 0 Å². The van der Waals surface area contributed by atoms with Crippen LogP contribution in [0.4, 0.5) is 5.82 Å². The maximum Gasteiger partial charge on any atom is 0.161 e. The summed E-state index contributed by atoms with van der Waals surface area (Å²) >= 11 is 2.23. The average Bonchev–Trinajstić information content (AvgIpc) is 2.35. The van der Waals surface area contributed by atoms with Crippen LogP contribution in [0.25, 0.3) is 11.4 Å². The molecule has 0 unspecified atom stereocenters. The molecule has 94 valence electrons. The number of nitrogens with one attached hydrogen (secondary N) is 1. The van der Waals surface area contributed by atoms with Crippen molar-refractivity contribution in [3.8, 4) is 11.4 Å². The van der Waals surface area contributed by atoms with Crippen LogP contribution in [0.1, 0.15) is 16.7 Å². The zero-order chi connectivity index (χ0) is 13.3. The number of rotatable bonds is 2. The van der Waals surface area contributed by atoms with Crippen LogP contribution in [0.3, 0.4) is 0 Å². The van der Waals surface area contributed by atoms with Gasteiger partial charge in [-0.1, -0.05) is 6.07 Å². The predicted octanol–water partition coefficient (Wildman–Crippen LogP) is 3.72. The van der Waals surface area contributed by atoms with E-state index in [0.717, 1.165) is 20.8 Å². The summed E-state index contributed by atoms with van der Waals surface area (Å²) in [5.41, 5.74) is 4.88. The smallest absolute Gasteiger partial charge is 0.161 e. The minimum Gasteiger partial charge on any atom is -0.372 e. The average molecular weight is 353 g/mol. The summed E-state index contributed by atoms with van der Waals surface area (Å²) in [4.78, 5) is 8.99. The molecular weight excluding hydrogens is 337 g/mol. The fourth-order valence-corrected chi connectivity index (χ4v) is 2.40. The second-order valence-electron chi connectivity index (χ2n) is 4.39. The van der Waals surface area contributed by atoms with E-state index >= 15 is 0 Å². The van der Waals surface area contributed by atoms with Crippen molar-refractivity contribution in [2.45, 2.75) is 20.8 Å². The molecule has 0 fully saturated rings. The Morgan fingerprint density at radius 1 is 1.06 bits per heavy atom. The lowest BCUT2D eigenvalue weighted by Crippen LogP contribution is -2.00. The van der Waals surface area contributed by atoms with Crippen molar-refractivity contribution < 1.29 is 0 Å². The summed E-state index contributed by atoms with van der Waals surface area (Å²) in [7, 11) is 1.88. The Balaban J connectivity index is 2.58. The minimum atomic E-state index is 0.778. The van der Waals surface area contributed by atoms with Gasteiger partial charge >= 0.3 is 0 Å². The van der Waals surface area contributed by atoms with Gasteiger partial charge in [-0.05, 0) is 66.1 Å². The Morgan fingerprint density at radius 3 is 2.39 bits per heavy atom. The lowest BCUT2D eigenvalue weighted by molar-refractivity contribution is 1.14. The number of halogens is 1. The molecule has 0 saturated carbocycles. The van der Waals surface area contributed by atoms with Crippen molar-refractivity contribution >= 4 is 28.4 Å². The van der Waals surface area contributed by atoms with Crippen molar-refractivity contribution in [2.75, 3.05) is 12.4 Å². The van der Waals surface area contributed by atoms with Crippen LogP contribution in [0.15, 0.2) is 18.3 Å². The van der Waals surface area contributed by atoms with Gasteiger partial charge in [-0.15, -0.1) is 0 Å². The first-order valence-corrected chi connectivity index (χ1v) is 6.89. The number of hydrogen-bond donors (Lipinski definition) is 1. The van der Waals surface area contributed by atoms with Crippen LogP contribution in [0.5, 0.6) is 0 Å². The fourth-order valence-electron chi connectivity index (χ4n) is 1.87. The van der Waals surface area contributed by atoms with Gasteiger partial charge < -0.3 is 5.32 Å². The second-order valence-corrected chi connectivity index (χ2v) is 5.55. The third-order valence-corrected chi connectivity index (χ3v) is 3.85. The lowest BCUT2D eigenvalue weighted by atomic mass is 10.0. The molecule has 18 heavy (non-hydrogen) atoms. The Kier molecular flexibility index (Phi) is 3.85. The molecule has 1 aromatic heterocycles. The topological polar surface area (TPSA) is 37.8 Å². The van der Waals surface area contributed by atoms with Crippen molar-refractivity contribution in [3.63, 3.8) is 0 Å². The molecule has 0 aliphatic carbocycles. The zero-order valence-corrected chi connectivity index (χ0v) is 13.2. The molecule has 4 heteroatoms. The van der Waals surface area contributed by atoms with E-state index < -0.39 is 0 Å². The van der Waals surface area contributed by atoms with E-state index in [2.05, 4.69) is 70.8 Å². The minimum absolute atomic E-state index is 0.778. The highest BCUT2D eigenvalue weighted by molar-refractivity contribution is 14.1. The van der Waals surface area contributed by atoms with E-state index in [1.54, 1.807) is 0 Å². The molecule has 0 saturated heterocycles. The number of aromatic nitrogens is 2. The molecule has 2 rings (SSSR count). The lowest BCUT2D eigenvalue weighted by Gasteiger charge is -2.10. The molecule has 1 N–H and O–H groups in total. The highest BCUT2D eigenvalue weighted by Gasteiger charge is 2.09. The normalized spacial score (nSPS) is 10.5. The molecule has 0 atom stereocenters. The zero-order valence-electron chi connectivity index (χ0n) is 11.0. The van der Waals surface area contributed by atoms with Gasteiger partial charge in [0.25, 0.3) is 0 Å². The Bertz CT molecular complexity index is 594. The summed E-state index contributed by atoms with van der Waals surface area (Å²) in [5, 5.41) is 3.09. The molecule has 1 heterocycles. The number of aryl methyl sites for hydroxylation is 3. The van der Waals surface area contributed by atoms with Crippen molar-refractivity contribution in [1.82, 2.24) is 9.97 Å². The molecular formula is C14H16IN3. The number of benzene rings is 1. The summed E-state index contributed by atoms with van der Waals surface area (Å²) in [6.07, 6.45) is 1.85. The monoisotopic (exact) mass is 353 g/mol. The van der Waals surface area contributed by atoms with Crippen molar-refractivity contribution in [1.29, 1.82) is 0 Å². The molecule has 2 aromatic rings. The third-order valence-electron chi connectivity index (χ3n) is 3.06. The molecule has 0 bridgehead atoms. The van der Waals surface area contributed by atoms with Crippen LogP contribution in [-0.4, -0.2) is 17.0 Å². The van der Waals surface area contributed by atoms with Crippen molar-refractivity contribution in [3.05, 3.63) is 38.6 Å². The Hall–Kier alpha value is -1.17. The van der Waals surface area contributed by atoms with Gasteiger partial charge in [-0.25, -0.2) is 9.97 Å². The Morgan fingerprint density at radius 2 is 1.72 bits per heavy atom. The Labute approximate surface area is 121 Å². The molecule has 0 aliphatic rings.